The van der Waals surface area contributed by atoms with Crippen molar-refractivity contribution in [2.75, 3.05) is 6.61 Å². The summed E-state index contributed by atoms with van der Waals surface area (Å²) in [6.45, 7) is 2.33. The van der Waals surface area contributed by atoms with Crippen molar-refractivity contribution in [3.05, 3.63) is 35.4 Å². The van der Waals surface area contributed by atoms with E-state index in [1.807, 2.05) is 12.1 Å². The van der Waals surface area contributed by atoms with Crippen molar-refractivity contribution in [2.24, 2.45) is 0 Å². The molecule has 0 saturated heterocycles. The van der Waals surface area contributed by atoms with Gasteiger partial charge in [0.1, 0.15) is 0 Å². The largest absolute Gasteiger partial charge is 0.396 e. The maximum absolute atomic E-state index is 9.83. The van der Waals surface area contributed by atoms with Crippen molar-refractivity contribution in [1.29, 1.82) is 0 Å². The molecule has 15 heavy (non-hydrogen) atoms. The number of rotatable bonds is 6. The first-order valence-corrected chi connectivity index (χ1v) is 5.65. The van der Waals surface area contributed by atoms with Crippen LogP contribution in [0.3, 0.4) is 0 Å². The normalized spacial score (nSPS) is 12.7. The van der Waals surface area contributed by atoms with Gasteiger partial charge in [-0.15, -0.1) is 0 Å². The van der Waals surface area contributed by atoms with Crippen LogP contribution in [0.5, 0.6) is 0 Å². The first-order valence-electron chi connectivity index (χ1n) is 5.65. The Labute approximate surface area is 91.6 Å². The molecule has 0 aliphatic carbocycles. The van der Waals surface area contributed by atoms with Crippen LogP contribution < -0.4 is 0 Å². The molecule has 0 radical (unpaired) electrons. The number of hydrogen-bond donors (Lipinski definition) is 2. The molecule has 0 saturated carbocycles. The Morgan fingerprint density at radius 1 is 1.13 bits per heavy atom. The van der Waals surface area contributed by atoms with E-state index in [0.717, 1.165) is 31.2 Å². The van der Waals surface area contributed by atoms with E-state index in [1.165, 1.54) is 5.56 Å². The van der Waals surface area contributed by atoms with Crippen LogP contribution in [0, 0.1) is 0 Å². The smallest absolute Gasteiger partial charge is 0.0790 e. The highest BCUT2D eigenvalue weighted by Crippen LogP contribution is 2.19. The number of aliphatic hydroxyl groups excluding tert-OH is 2. The molecule has 1 unspecified atom stereocenters. The van der Waals surface area contributed by atoms with Gasteiger partial charge in [-0.3, -0.25) is 0 Å². The monoisotopic (exact) mass is 208 g/mol. The zero-order chi connectivity index (χ0) is 11.1. The predicted octanol–water partition coefficient (Wildman–Crippen LogP) is 2.45. The van der Waals surface area contributed by atoms with Crippen LogP contribution in [0.4, 0.5) is 0 Å². The maximum atomic E-state index is 9.83. The van der Waals surface area contributed by atoms with E-state index in [9.17, 15) is 5.11 Å². The van der Waals surface area contributed by atoms with Crippen LogP contribution in [-0.4, -0.2) is 16.8 Å². The van der Waals surface area contributed by atoms with Gasteiger partial charge in [-0.05, 0) is 36.8 Å². The number of hydrogen-bond acceptors (Lipinski definition) is 2. The Bertz CT molecular complexity index is 266. The number of aryl methyl sites for hydroxylation is 1. The Morgan fingerprint density at radius 3 is 2.33 bits per heavy atom. The zero-order valence-electron chi connectivity index (χ0n) is 9.32. The molecular weight excluding hydrogens is 188 g/mol. The van der Waals surface area contributed by atoms with E-state index < -0.39 is 0 Å². The minimum Gasteiger partial charge on any atom is -0.396 e. The van der Waals surface area contributed by atoms with Gasteiger partial charge in [-0.2, -0.15) is 0 Å². The molecule has 0 aliphatic rings. The quantitative estimate of drug-likeness (QED) is 0.705. The van der Waals surface area contributed by atoms with Crippen molar-refractivity contribution in [2.45, 2.75) is 38.7 Å². The lowest BCUT2D eigenvalue weighted by atomic mass is 10.0. The molecule has 0 fully saturated rings. The minimum atomic E-state index is -0.387. The molecule has 2 nitrogen and oxygen atoms in total. The third kappa shape index (κ3) is 4.02. The number of unbranched alkanes of at least 4 members (excludes halogenated alkanes) is 1. The molecule has 1 aromatic rings. The number of aliphatic hydroxyl groups is 2. The number of benzene rings is 1. The van der Waals surface area contributed by atoms with Crippen LogP contribution >= 0.6 is 0 Å². The molecule has 84 valence electrons. The molecule has 1 atom stereocenters. The van der Waals surface area contributed by atoms with Crippen molar-refractivity contribution < 1.29 is 10.2 Å². The van der Waals surface area contributed by atoms with E-state index in [2.05, 4.69) is 19.1 Å². The van der Waals surface area contributed by atoms with E-state index in [4.69, 9.17) is 5.11 Å². The summed E-state index contributed by atoms with van der Waals surface area (Å²) < 4.78 is 0. The lowest BCUT2D eigenvalue weighted by molar-refractivity contribution is 0.159. The Kier molecular flexibility index (Phi) is 5.37. The highest BCUT2D eigenvalue weighted by Gasteiger charge is 2.06. The fraction of sp³-hybridized carbons (Fsp3) is 0.538. The van der Waals surface area contributed by atoms with Gasteiger partial charge < -0.3 is 10.2 Å². The van der Waals surface area contributed by atoms with Crippen molar-refractivity contribution in [1.82, 2.24) is 0 Å². The van der Waals surface area contributed by atoms with E-state index in [0.29, 0.717) is 0 Å². The van der Waals surface area contributed by atoms with Crippen LogP contribution in [0.2, 0.25) is 0 Å². The second-order valence-corrected chi connectivity index (χ2v) is 3.83. The fourth-order valence-electron chi connectivity index (χ4n) is 1.59. The zero-order valence-corrected chi connectivity index (χ0v) is 9.32. The third-order valence-corrected chi connectivity index (χ3v) is 2.66. The lowest BCUT2D eigenvalue weighted by Gasteiger charge is -2.10. The Balaban J connectivity index is 2.46. The molecule has 0 bridgehead atoms. The fourth-order valence-corrected chi connectivity index (χ4v) is 1.59. The highest BCUT2D eigenvalue weighted by atomic mass is 16.3. The van der Waals surface area contributed by atoms with Gasteiger partial charge in [0.15, 0.2) is 0 Å². The van der Waals surface area contributed by atoms with E-state index in [-0.39, 0.29) is 12.7 Å². The summed E-state index contributed by atoms with van der Waals surface area (Å²) >= 11 is 0. The highest BCUT2D eigenvalue weighted by molar-refractivity contribution is 5.23. The molecule has 0 aromatic heterocycles. The van der Waals surface area contributed by atoms with Crippen molar-refractivity contribution in [3.63, 3.8) is 0 Å². The average Bonchev–Trinajstić information content (AvgIpc) is 2.29. The molecule has 1 aromatic carbocycles. The summed E-state index contributed by atoms with van der Waals surface area (Å²) in [6.07, 6.45) is 3.01. The van der Waals surface area contributed by atoms with Crippen LogP contribution in [-0.2, 0) is 6.42 Å². The van der Waals surface area contributed by atoms with E-state index >= 15 is 0 Å². The molecule has 2 heteroatoms. The van der Waals surface area contributed by atoms with Gasteiger partial charge in [0.05, 0.1) is 6.10 Å². The predicted molar refractivity (Wildman–Crippen MR) is 61.7 cm³/mol. The van der Waals surface area contributed by atoms with Gasteiger partial charge in [0, 0.05) is 6.61 Å². The summed E-state index contributed by atoms with van der Waals surface area (Å²) in [4.78, 5) is 0. The van der Waals surface area contributed by atoms with Gasteiger partial charge in [-0.1, -0.05) is 31.2 Å². The van der Waals surface area contributed by atoms with Crippen LogP contribution in [0.25, 0.3) is 0 Å². The molecule has 0 spiro atoms. The molecule has 2 N–H and O–H groups in total. The van der Waals surface area contributed by atoms with Gasteiger partial charge in [-0.25, -0.2) is 0 Å². The molecule has 0 amide bonds. The Hall–Kier alpha value is -0.860. The second kappa shape index (κ2) is 6.59. The summed E-state index contributed by atoms with van der Waals surface area (Å²) in [6, 6.07) is 8.10. The average molecular weight is 208 g/mol. The molecule has 0 heterocycles. The first-order chi connectivity index (χ1) is 7.27. The molecular formula is C13H20O2. The molecule has 0 aliphatic heterocycles. The van der Waals surface area contributed by atoms with Gasteiger partial charge >= 0.3 is 0 Å². The second-order valence-electron chi connectivity index (χ2n) is 3.83. The summed E-state index contributed by atoms with van der Waals surface area (Å²) in [7, 11) is 0. The summed E-state index contributed by atoms with van der Waals surface area (Å²) in [5.41, 5.74) is 2.27. The van der Waals surface area contributed by atoms with Crippen LogP contribution in [0.15, 0.2) is 24.3 Å². The maximum Gasteiger partial charge on any atom is 0.0790 e. The minimum absolute atomic E-state index is 0.210. The van der Waals surface area contributed by atoms with Gasteiger partial charge in [0.25, 0.3) is 0 Å². The van der Waals surface area contributed by atoms with Crippen molar-refractivity contribution >= 4 is 0 Å². The molecule has 1 rings (SSSR count). The lowest BCUT2D eigenvalue weighted by Crippen LogP contribution is -1.98. The SMILES string of the molecule is CCc1ccc(C(O)CCCCO)cc1. The summed E-state index contributed by atoms with van der Waals surface area (Å²) in [5.74, 6) is 0. The van der Waals surface area contributed by atoms with Crippen molar-refractivity contribution in [3.8, 4) is 0 Å². The summed E-state index contributed by atoms with van der Waals surface area (Å²) in [5, 5.41) is 18.5. The van der Waals surface area contributed by atoms with Crippen LogP contribution in [0.1, 0.15) is 43.4 Å². The topological polar surface area (TPSA) is 40.5 Å². The third-order valence-electron chi connectivity index (χ3n) is 2.66. The standard InChI is InChI=1S/C13H20O2/c1-2-11-6-8-12(9-7-11)13(15)5-3-4-10-14/h6-9,13-15H,2-5,10H2,1H3. The first kappa shape index (κ1) is 12.2. The van der Waals surface area contributed by atoms with Gasteiger partial charge in [0.2, 0.25) is 0 Å². The Morgan fingerprint density at radius 2 is 1.80 bits per heavy atom. The van der Waals surface area contributed by atoms with E-state index in [1.54, 1.807) is 0 Å².